The molecule has 23 heavy (non-hydrogen) atoms. The number of nitrogens with zero attached hydrogens (tertiary/aromatic N) is 1. The van der Waals surface area contributed by atoms with Gasteiger partial charge in [0.2, 0.25) is 0 Å². The Bertz CT molecular complexity index is 677. The van der Waals surface area contributed by atoms with E-state index in [-0.39, 0.29) is 11.3 Å². The molecular formula is C17H16F4N2. The molecule has 122 valence electrons. The van der Waals surface area contributed by atoms with Crippen LogP contribution in [-0.4, -0.2) is 26.2 Å². The number of hydrogen-bond acceptors (Lipinski definition) is 2. The van der Waals surface area contributed by atoms with E-state index in [4.69, 9.17) is 0 Å². The van der Waals surface area contributed by atoms with Gasteiger partial charge in [0.25, 0.3) is 0 Å². The van der Waals surface area contributed by atoms with E-state index in [0.717, 1.165) is 12.1 Å². The Labute approximate surface area is 131 Å². The predicted octanol–water partition coefficient (Wildman–Crippen LogP) is 3.92. The molecular weight excluding hydrogens is 308 g/mol. The zero-order valence-corrected chi connectivity index (χ0v) is 12.3. The van der Waals surface area contributed by atoms with Crippen LogP contribution in [0.2, 0.25) is 0 Å². The van der Waals surface area contributed by atoms with Gasteiger partial charge in [0.1, 0.15) is 5.82 Å². The average molecular weight is 324 g/mol. The van der Waals surface area contributed by atoms with Crippen LogP contribution in [0.4, 0.5) is 23.2 Å². The summed E-state index contributed by atoms with van der Waals surface area (Å²) in [5, 5.41) is 3.09. The van der Waals surface area contributed by atoms with Crippen molar-refractivity contribution >= 4 is 5.69 Å². The van der Waals surface area contributed by atoms with E-state index in [9.17, 15) is 17.6 Å². The lowest BCUT2D eigenvalue weighted by Gasteiger charge is -2.32. The Morgan fingerprint density at radius 3 is 2.22 bits per heavy atom. The maximum absolute atomic E-state index is 14.0. The van der Waals surface area contributed by atoms with Crippen LogP contribution in [0.5, 0.6) is 0 Å². The number of alkyl halides is 3. The largest absolute Gasteiger partial charge is 0.419 e. The van der Waals surface area contributed by atoms with Gasteiger partial charge < -0.3 is 10.2 Å². The number of halogens is 4. The van der Waals surface area contributed by atoms with Gasteiger partial charge in [0.05, 0.1) is 11.3 Å². The summed E-state index contributed by atoms with van der Waals surface area (Å²) >= 11 is 0. The molecule has 0 bridgehead atoms. The molecule has 0 atom stereocenters. The number of hydrogen-bond donors (Lipinski definition) is 1. The van der Waals surface area contributed by atoms with Crippen LogP contribution in [0.1, 0.15) is 5.56 Å². The summed E-state index contributed by atoms with van der Waals surface area (Å²) in [6.07, 6.45) is -4.56. The zero-order chi connectivity index (χ0) is 16.4. The first-order chi connectivity index (χ1) is 11.0. The molecule has 2 nitrogen and oxygen atoms in total. The molecule has 2 aromatic carbocycles. The van der Waals surface area contributed by atoms with Gasteiger partial charge in [-0.25, -0.2) is 4.39 Å². The topological polar surface area (TPSA) is 15.3 Å². The Morgan fingerprint density at radius 2 is 1.61 bits per heavy atom. The van der Waals surface area contributed by atoms with Crippen molar-refractivity contribution in [3.05, 3.63) is 53.8 Å². The van der Waals surface area contributed by atoms with E-state index >= 15 is 0 Å². The molecule has 2 aromatic rings. The Balaban J connectivity index is 2.21. The summed E-state index contributed by atoms with van der Waals surface area (Å²) in [4.78, 5) is 1.59. The lowest BCUT2D eigenvalue weighted by atomic mass is 9.96. The van der Waals surface area contributed by atoms with Gasteiger partial charge in [-0.2, -0.15) is 13.2 Å². The quantitative estimate of drug-likeness (QED) is 0.842. The molecule has 1 aliphatic heterocycles. The minimum absolute atomic E-state index is 0.0853. The highest BCUT2D eigenvalue weighted by Crippen LogP contribution is 2.43. The van der Waals surface area contributed by atoms with E-state index in [1.54, 1.807) is 35.2 Å². The van der Waals surface area contributed by atoms with Crippen LogP contribution >= 0.6 is 0 Å². The lowest BCUT2D eigenvalue weighted by Crippen LogP contribution is -2.44. The number of piperazine rings is 1. The van der Waals surface area contributed by atoms with Crippen molar-refractivity contribution in [2.24, 2.45) is 0 Å². The molecule has 0 aliphatic carbocycles. The van der Waals surface area contributed by atoms with Gasteiger partial charge >= 0.3 is 6.18 Å². The van der Waals surface area contributed by atoms with Crippen molar-refractivity contribution in [2.45, 2.75) is 6.18 Å². The maximum atomic E-state index is 14.0. The van der Waals surface area contributed by atoms with E-state index in [2.05, 4.69) is 5.32 Å². The molecule has 0 saturated carbocycles. The van der Waals surface area contributed by atoms with E-state index in [0.29, 0.717) is 31.7 Å². The first-order valence-electron chi connectivity index (χ1n) is 7.38. The van der Waals surface area contributed by atoms with Crippen molar-refractivity contribution in [3.8, 4) is 11.1 Å². The Morgan fingerprint density at radius 1 is 0.957 bits per heavy atom. The summed E-state index contributed by atoms with van der Waals surface area (Å²) in [5.41, 5.74) is -0.618. The predicted molar refractivity (Wildman–Crippen MR) is 81.9 cm³/mol. The Kier molecular flexibility index (Phi) is 4.26. The van der Waals surface area contributed by atoms with Gasteiger partial charge in [-0.05, 0) is 23.3 Å². The molecule has 1 N–H and O–H groups in total. The van der Waals surface area contributed by atoms with Crippen LogP contribution < -0.4 is 10.2 Å². The second-order valence-corrected chi connectivity index (χ2v) is 5.45. The molecule has 0 spiro atoms. The summed E-state index contributed by atoms with van der Waals surface area (Å²) in [7, 11) is 0. The lowest BCUT2D eigenvalue weighted by molar-refractivity contribution is -0.136. The molecule has 1 saturated heterocycles. The van der Waals surface area contributed by atoms with Crippen LogP contribution in [0.25, 0.3) is 11.1 Å². The molecule has 0 radical (unpaired) electrons. The van der Waals surface area contributed by atoms with Gasteiger partial charge in [0, 0.05) is 26.2 Å². The van der Waals surface area contributed by atoms with Crippen molar-refractivity contribution in [1.29, 1.82) is 0 Å². The third kappa shape index (κ3) is 3.32. The van der Waals surface area contributed by atoms with Crippen molar-refractivity contribution in [1.82, 2.24) is 5.32 Å². The molecule has 1 heterocycles. The highest BCUT2D eigenvalue weighted by Gasteiger charge is 2.38. The molecule has 0 amide bonds. The number of rotatable bonds is 2. The fourth-order valence-electron chi connectivity index (χ4n) is 2.89. The highest BCUT2D eigenvalue weighted by molar-refractivity contribution is 5.76. The van der Waals surface area contributed by atoms with Crippen LogP contribution in [0, 0.1) is 5.82 Å². The zero-order valence-electron chi connectivity index (χ0n) is 12.3. The van der Waals surface area contributed by atoms with Gasteiger partial charge in [0.15, 0.2) is 0 Å². The maximum Gasteiger partial charge on any atom is 0.419 e. The fourth-order valence-corrected chi connectivity index (χ4v) is 2.89. The van der Waals surface area contributed by atoms with Gasteiger partial charge in [-0.3, -0.25) is 0 Å². The third-order valence-electron chi connectivity index (χ3n) is 3.91. The van der Waals surface area contributed by atoms with Crippen molar-refractivity contribution in [3.63, 3.8) is 0 Å². The standard InChI is InChI=1S/C17H16F4N2/c18-13-10-14(12-4-2-1-3-5-12)16(17(19,20)21)15(11-13)23-8-6-22-7-9-23/h1-5,10-11,22H,6-9H2. The van der Waals surface area contributed by atoms with E-state index < -0.39 is 17.6 Å². The summed E-state index contributed by atoms with van der Waals surface area (Å²) in [6.45, 7) is 1.99. The third-order valence-corrected chi connectivity index (χ3v) is 3.91. The Hall–Kier alpha value is -2.08. The SMILES string of the molecule is Fc1cc(-c2ccccc2)c(C(F)(F)F)c(N2CCNCC2)c1. The van der Waals surface area contributed by atoms with E-state index in [1.807, 2.05) is 0 Å². The number of nitrogens with one attached hydrogen (secondary N) is 1. The first kappa shape index (κ1) is 15.8. The minimum Gasteiger partial charge on any atom is -0.368 e. The summed E-state index contributed by atoms with van der Waals surface area (Å²) in [5.74, 6) is -0.662. The normalized spacial score (nSPS) is 15.7. The summed E-state index contributed by atoms with van der Waals surface area (Å²) < 4.78 is 55.2. The van der Waals surface area contributed by atoms with Crippen molar-refractivity contribution < 1.29 is 17.6 Å². The smallest absolute Gasteiger partial charge is 0.368 e. The monoisotopic (exact) mass is 324 g/mol. The van der Waals surface area contributed by atoms with Crippen LogP contribution in [-0.2, 0) is 6.18 Å². The average Bonchev–Trinajstić information content (AvgIpc) is 2.54. The molecule has 1 aliphatic rings. The molecule has 1 fully saturated rings. The molecule has 0 aromatic heterocycles. The number of benzene rings is 2. The molecule has 6 heteroatoms. The van der Waals surface area contributed by atoms with E-state index in [1.165, 1.54) is 0 Å². The van der Waals surface area contributed by atoms with Crippen LogP contribution in [0.3, 0.4) is 0 Å². The van der Waals surface area contributed by atoms with Gasteiger partial charge in [-0.1, -0.05) is 30.3 Å². The molecule has 0 unspecified atom stereocenters. The van der Waals surface area contributed by atoms with Gasteiger partial charge in [-0.15, -0.1) is 0 Å². The summed E-state index contributed by atoms with van der Waals surface area (Å²) in [6, 6.07) is 10.1. The molecule has 3 rings (SSSR count). The fraction of sp³-hybridized carbons (Fsp3) is 0.294. The number of anilines is 1. The van der Waals surface area contributed by atoms with Crippen molar-refractivity contribution in [2.75, 3.05) is 31.1 Å². The minimum atomic E-state index is -4.56. The second kappa shape index (κ2) is 6.20. The second-order valence-electron chi connectivity index (χ2n) is 5.45. The van der Waals surface area contributed by atoms with Crippen LogP contribution in [0.15, 0.2) is 42.5 Å². The first-order valence-corrected chi connectivity index (χ1v) is 7.38. The highest BCUT2D eigenvalue weighted by atomic mass is 19.4.